The first-order chi connectivity index (χ1) is 4.85. The molecular formula is C8H18Cl3O2Ti. The molecule has 1 radical (unpaired) electrons. The molecule has 2 nitrogen and oxygen atoms in total. The van der Waals surface area contributed by atoms with Crippen LogP contribution >= 0.6 is 0 Å². The summed E-state index contributed by atoms with van der Waals surface area (Å²) in [5.74, 6) is 0. The molecule has 0 aromatic heterocycles. The van der Waals surface area contributed by atoms with Crippen molar-refractivity contribution >= 4 is 0 Å². The first-order valence-electron chi connectivity index (χ1n) is 4.07. The second-order valence-corrected chi connectivity index (χ2v) is 2.40. The van der Waals surface area contributed by atoms with Crippen molar-refractivity contribution in [2.45, 2.75) is 39.2 Å². The third kappa shape index (κ3) is 19.1. The zero-order chi connectivity index (χ0) is 7.82. The molecule has 0 rings (SSSR count). The monoisotopic (exact) mass is 299 g/mol. The van der Waals surface area contributed by atoms with Gasteiger partial charge in [0.2, 0.25) is 0 Å². The van der Waals surface area contributed by atoms with E-state index in [9.17, 15) is 0 Å². The largest absolute Gasteiger partial charge is 3.00 e. The second kappa shape index (κ2) is 24.0. The van der Waals surface area contributed by atoms with Crippen LogP contribution in [0.25, 0.3) is 0 Å². The number of aliphatic hydroxyl groups excluding tert-OH is 1. The van der Waals surface area contributed by atoms with E-state index in [1.54, 1.807) is 0 Å². The molecule has 87 valence electrons. The number of halogens is 3. The van der Waals surface area contributed by atoms with Crippen LogP contribution in [0.5, 0.6) is 0 Å². The maximum absolute atomic E-state index is 8.76. The summed E-state index contributed by atoms with van der Waals surface area (Å²) < 4.78 is 5.24. The molecule has 0 heterocycles. The van der Waals surface area contributed by atoms with Crippen LogP contribution in [0, 0.1) is 0 Å². The quantitative estimate of drug-likeness (QED) is 0.494. The summed E-state index contributed by atoms with van der Waals surface area (Å²) in [5, 5.41) is 8.76. The van der Waals surface area contributed by atoms with Gasteiger partial charge in [0.1, 0.15) is 0 Å². The van der Waals surface area contributed by atoms with E-state index in [2.05, 4.69) is 6.92 Å². The van der Waals surface area contributed by atoms with Crippen molar-refractivity contribution < 1.29 is 68.8 Å². The normalized spacial score (nSPS) is 9.64. The van der Waals surface area contributed by atoms with E-state index in [4.69, 9.17) is 9.84 Å². The second-order valence-electron chi connectivity index (χ2n) is 2.40. The summed E-state index contributed by atoms with van der Waals surface area (Å²) in [6.45, 7) is 4.96. The Morgan fingerprint density at radius 2 is 1.64 bits per heavy atom. The fourth-order valence-corrected chi connectivity index (χ4v) is 0.895. The Kier molecular flexibility index (Phi) is 50.6. The van der Waals surface area contributed by atoms with Crippen LogP contribution in [0.15, 0.2) is 0 Å². The van der Waals surface area contributed by atoms with Gasteiger partial charge in [-0.25, -0.2) is 0 Å². The van der Waals surface area contributed by atoms with Gasteiger partial charge in [0, 0.05) is 6.61 Å². The maximum Gasteiger partial charge on any atom is 3.00 e. The van der Waals surface area contributed by atoms with Crippen LogP contribution < -0.4 is 37.2 Å². The first-order valence-corrected chi connectivity index (χ1v) is 4.07. The molecule has 0 aromatic carbocycles. The minimum atomic E-state index is 0. The van der Waals surface area contributed by atoms with E-state index in [1.807, 2.05) is 6.92 Å². The average molecular weight is 300 g/mol. The van der Waals surface area contributed by atoms with Crippen LogP contribution in [0.2, 0.25) is 0 Å². The topological polar surface area (TPSA) is 29.5 Å². The molecule has 0 bridgehead atoms. The van der Waals surface area contributed by atoms with Gasteiger partial charge in [-0.15, -0.1) is 0 Å². The standard InChI is InChI=1S/C8H18O2.3ClH.Ti/c1-3-5-6-8(7-9)10-4-2;;;;/h8-9H,3-7H2,1-2H3;3*1H;/q;;;;+3/p-3. The summed E-state index contributed by atoms with van der Waals surface area (Å²) in [4.78, 5) is 0. The molecule has 0 spiro atoms. The van der Waals surface area contributed by atoms with E-state index in [0.717, 1.165) is 12.8 Å². The molecule has 1 N–H and O–H groups in total. The molecule has 1 atom stereocenters. The number of rotatable bonds is 6. The summed E-state index contributed by atoms with van der Waals surface area (Å²) in [5.41, 5.74) is 0. The number of unbranched alkanes of at least 4 members (excludes halogenated alkanes) is 1. The van der Waals surface area contributed by atoms with Crippen molar-refractivity contribution in [3.8, 4) is 0 Å². The van der Waals surface area contributed by atoms with E-state index in [1.165, 1.54) is 6.42 Å². The molecule has 0 aliphatic heterocycles. The Morgan fingerprint density at radius 1 is 1.14 bits per heavy atom. The smallest absolute Gasteiger partial charge is 1.00 e. The molecule has 0 aromatic rings. The van der Waals surface area contributed by atoms with Crippen molar-refractivity contribution in [1.29, 1.82) is 0 Å². The molecule has 0 saturated carbocycles. The Hall–Kier alpha value is 1.50. The number of ether oxygens (including phenoxy) is 1. The first kappa shape index (κ1) is 29.6. The van der Waals surface area contributed by atoms with Crippen LogP contribution in [0.3, 0.4) is 0 Å². The Morgan fingerprint density at radius 3 is 1.93 bits per heavy atom. The van der Waals surface area contributed by atoms with Crippen LogP contribution in [-0.2, 0) is 26.5 Å². The van der Waals surface area contributed by atoms with Gasteiger partial charge in [0.15, 0.2) is 0 Å². The predicted octanol–water partition coefficient (Wildman–Crippen LogP) is -7.42. The van der Waals surface area contributed by atoms with Crippen LogP contribution in [0.1, 0.15) is 33.1 Å². The van der Waals surface area contributed by atoms with Gasteiger partial charge in [-0.05, 0) is 13.3 Å². The third-order valence-corrected chi connectivity index (χ3v) is 1.49. The zero-order valence-corrected chi connectivity index (χ0v) is 12.4. The van der Waals surface area contributed by atoms with E-state index >= 15 is 0 Å². The van der Waals surface area contributed by atoms with Crippen molar-refractivity contribution in [3.63, 3.8) is 0 Å². The molecule has 0 amide bonds. The molecule has 0 fully saturated rings. The molecule has 14 heavy (non-hydrogen) atoms. The van der Waals surface area contributed by atoms with Crippen molar-refractivity contribution in [3.05, 3.63) is 0 Å². The minimum Gasteiger partial charge on any atom is -1.00 e. The van der Waals surface area contributed by atoms with E-state index in [0.29, 0.717) is 6.61 Å². The van der Waals surface area contributed by atoms with Crippen molar-refractivity contribution in [1.82, 2.24) is 0 Å². The van der Waals surface area contributed by atoms with Gasteiger partial charge in [0.25, 0.3) is 0 Å². The van der Waals surface area contributed by atoms with Crippen LogP contribution in [-0.4, -0.2) is 24.4 Å². The summed E-state index contributed by atoms with van der Waals surface area (Å²) >= 11 is 0. The number of hydrogen-bond donors (Lipinski definition) is 1. The molecule has 0 aliphatic carbocycles. The fraction of sp³-hybridized carbons (Fsp3) is 1.00. The zero-order valence-electron chi connectivity index (χ0n) is 8.60. The van der Waals surface area contributed by atoms with Gasteiger partial charge < -0.3 is 47.1 Å². The van der Waals surface area contributed by atoms with E-state index in [-0.39, 0.29) is 71.6 Å². The molecule has 6 heteroatoms. The fourth-order valence-electron chi connectivity index (χ4n) is 0.895. The van der Waals surface area contributed by atoms with Gasteiger partial charge >= 0.3 is 21.7 Å². The Bertz CT molecular complexity index is 79.6. The summed E-state index contributed by atoms with van der Waals surface area (Å²) in [6, 6.07) is 0. The van der Waals surface area contributed by atoms with Crippen molar-refractivity contribution in [2.75, 3.05) is 13.2 Å². The number of hydrogen-bond acceptors (Lipinski definition) is 2. The van der Waals surface area contributed by atoms with Crippen molar-refractivity contribution in [2.24, 2.45) is 0 Å². The summed E-state index contributed by atoms with van der Waals surface area (Å²) in [6.07, 6.45) is 3.38. The summed E-state index contributed by atoms with van der Waals surface area (Å²) in [7, 11) is 0. The van der Waals surface area contributed by atoms with Gasteiger partial charge in [-0.2, -0.15) is 0 Å². The minimum absolute atomic E-state index is 0. The molecule has 0 saturated heterocycles. The van der Waals surface area contributed by atoms with E-state index < -0.39 is 0 Å². The molecular weight excluding hydrogens is 282 g/mol. The molecule has 0 aliphatic rings. The van der Waals surface area contributed by atoms with Gasteiger partial charge in [0.05, 0.1) is 12.7 Å². The number of aliphatic hydroxyl groups is 1. The van der Waals surface area contributed by atoms with Gasteiger partial charge in [-0.3, -0.25) is 0 Å². The average Bonchev–Trinajstić information content (AvgIpc) is 1.98. The maximum atomic E-state index is 8.76. The van der Waals surface area contributed by atoms with Crippen LogP contribution in [0.4, 0.5) is 0 Å². The molecule has 1 unspecified atom stereocenters. The third-order valence-electron chi connectivity index (χ3n) is 1.49. The SMILES string of the molecule is CCCCC(CO)OCC.[Cl-].[Cl-].[Cl-].[Ti+3]. The Balaban J connectivity index is -0.0000000675. The predicted molar refractivity (Wildman–Crippen MR) is 42.0 cm³/mol. The van der Waals surface area contributed by atoms with Gasteiger partial charge in [-0.1, -0.05) is 19.8 Å². The Labute approximate surface area is 121 Å².